The zero-order valence-electron chi connectivity index (χ0n) is 12.5. The van der Waals surface area contributed by atoms with E-state index in [4.69, 9.17) is 30.6 Å². The van der Waals surface area contributed by atoms with Crippen molar-refractivity contribution in [3.63, 3.8) is 0 Å². The summed E-state index contributed by atoms with van der Waals surface area (Å²) in [6.07, 6.45) is 1.87. The number of unbranched alkanes of at least 4 members (excludes halogenated alkanes) is 1. The number of aliphatic hydroxyl groups is 6. The molecule has 6 N–H and O–H groups in total. The van der Waals surface area contributed by atoms with Crippen molar-refractivity contribution >= 4 is 0 Å². The average molecular weight is 274 g/mol. The molecule has 0 aromatic carbocycles. The Hall–Kier alpha value is -0.240. The van der Waals surface area contributed by atoms with Crippen LogP contribution in [0.1, 0.15) is 40.5 Å². The number of hydrogen-bond acceptors (Lipinski definition) is 6. The van der Waals surface area contributed by atoms with Gasteiger partial charge in [-0.15, -0.1) is 0 Å². The standard InChI is InChI=1S/C4H10O.C3H8O.C2H6O2.C2H6O.CH4O/c1-2-3-4-5;1-3(2)4;3-1-2-4;1-2-3;1-2/h5H,2-4H2,1H3;3-4H,1-2H3;3-4H,1-2H2;3H,2H2,1H3;2H,1H3. The maximum atomic E-state index is 8.07. The highest BCUT2D eigenvalue weighted by Crippen LogP contribution is 1.78. The molecule has 6 nitrogen and oxygen atoms in total. The summed E-state index contributed by atoms with van der Waals surface area (Å²) >= 11 is 0. The molecule has 0 heterocycles. The van der Waals surface area contributed by atoms with Gasteiger partial charge in [-0.3, -0.25) is 0 Å². The Bertz CT molecular complexity index is 64.8. The third-order valence-corrected chi connectivity index (χ3v) is 0.612. The van der Waals surface area contributed by atoms with Crippen LogP contribution >= 0.6 is 0 Å². The summed E-state index contributed by atoms with van der Waals surface area (Å²) in [6, 6.07) is 0. The summed E-state index contributed by atoms with van der Waals surface area (Å²) in [6.45, 7) is 7.52. The first kappa shape index (κ1) is 30.6. The minimum Gasteiger partial charge on any atom is -0.400 e. The summed E-state index contributed by atoms with van der Waals surface area (Å²) in [4.78, 5) is 0. The maximum Gasteiger partial charge on any atom is 0.0662 e. The Labute approximate surface area is 112 Å². The first-order valence-electron chi connectivity index (χ1n) is 6.04. The Balaban J connectivity index is -0.0000000404. The van der Waals surface area contributed by atoms with Gasteiger partial charge >= 0.3 is 0 Å². The van der Waals surface area contributed by atoms with Crippen LogP contribution < -0.4 is 0 Å². The van der Waals surface area contributed by atoms with Crippen LogP contribution in [0.3, 0.4) is 0 Å². The maximum absolute atomic E-state index is 8.07. The van der Waals surface area contributed by atoms with Crippen LogP contribution in [0.5, 0.6) is 0 Å². The smallest absolute Gasteiger partial charge is 0.0662 e. The topological polar surface area (TPSA) is 121 Å². The highest BCUT2D eigenvalue weighted by Gasteiger charge is 1.69. The van der Waals surface area contributed by atoms with Crippen molar-refractivity contribution in [2.45, 2.75) is 46.6 Å². The van der Waals surface area contributed by atoms with E-state index < -0.39 is 0 Å². The van der Waals surface area contributed by atoms with Crippen molar-refractivity contribution in [1.82, 2.24) is 0 Å². The average Bonchev–Trinajstić information content (AvgIpc) is 2.33. The summed E-state index contributed by atoms with van der Waals surface area (Å²) in [7, 11) is 1.00. The summed E-state index contributed by atoms with van der Waals surface area (Å²) < 4.78 is 0. The van der Waals surface area contributed by atoms with Crippen molar-refractivity contribution in [1.29, 1.82) is 0 Å². The van der Waals surface area contributed by atoms with E-state index in [1.54, 1.807) is 20.8 Å². The van der Waals surface area contributed by atoms with Gasteiger partial charge in [-0.25, -0.2) is 0 Å². The van der Waals surface area contributed by atoms with E-state index >= 15 is 0 Å². The fourth-order valence-electron chi connectivity index (χ4n) is 0.158. The molecule has 0 unspecified atom stereocenters. The van der Waals surface area contributed by atoms with Gasteiger partial charge in [0.25, 0.3) is 0 Å². The van der Waals surface area contributed by atoms with Gasteiger partial charge in [0.2, 0.25) is 0 Å². The van der Waals surface area contributed by atoms with E-state index in [9.17, 15) is 0 Å². The molecule has 0 rings (SSSR count). The molecular formula is C12H34O6. The second kappa shape index (κ2) is 54.2. The number of hydrogen-bond donors (Lipinski definition) is 6. The van der Waals surface area contributed by atoms with Crippen molar-refractivity contribution in [2.75, 3.05) is 33.5 Å². The van der Waals surface area contributed by atoms with Crippen molar-refractivity contribution in [2.24, 2.45) is 0 Å². The van der Waals surface area contributed by atoms with E-state index in [1.165, 1.54) is 0 Å². The Morgan fingerprint density at radius 1 is 0.778 bits per heavy atom. The first-order valence-corrected chi connectivity index (χ1v) is 6.04. The lowest BCUT2D eigenvalue weighted by atomic mass is 10.4. The zero-order chi connectivity index (χ0) is 15.8. The molecule has 0 spiro atoms. The molecule has 0 aromatic rings. The summed E-state index contributed by atoms with van der Waals surface area (Å²) in [5.41, 5.74) is 0. The minimum atomic E-state index is -0.167. The lowest BCUT2D eigenvalue weighted by molar-refractivity contribution is 0.186. The van der Waals surface area contributed by atoms with Crippen molar-refractivity contribution < 1.29 is 30.6 Å². The predicted octanol–water partition coefficient (Wildman–Crippen LogP) is -0.256. The van der Waals surface area contributed by atoms with Gasteiger partial charge in [0, 0.05) is 26.4 Å². The molecule has 0 aliphatic carbocycles. The summed E-state index contributed by atoms with van der Waals surface area (Å²) in [5, 5.41) is 45.9. The molecule has 0 amide bonds. The lowest BCUT2D eigenvalue weighted by Crippen LogP contribution is -1.85. The second-order valence-corrected chi connectivity index (χ2v) is 2.93. The van der Waals surface area contributed by atoms with E-state index in [2.05, 4.69) is 6.92 Å². The van der Waals surface area contributed by atoms with Gasteiger partial charge in [-0.2, -0.15) is 0 Å². The first-order chi connectivity index (χ1) is 8.47. The van der Waals surface area contributed by atoms with Crippen LogP contribution in [0.2, 0.25) is 0 Å². The Morgan fingerprint density at radius 2 is 1.00 bits per heavy atom. The van der Waals surface area contributed by atoms with Crippen LogP contribution in [-0.2, 0) is 0 Å². The van der Waals surface area contributed by atoms with Crippen LogP contribution in [0.4, 0.5) is 0 Å². The molecule has 0 saturated carbocycles. The number of rotatable bonds is 3. The molecule has 0 aliphatic rings. The molecule has 0 saturated heterocycles. The highest BCUT2D eigenvalue weighted by molar-refractivity contribution is 4.23. The fraction of sp³-hybridized carbons (Fsp3) is 1.00. The monoisotopic (exact) mass is 274 g/mol. The van der Waals surface area contributed by atoms with E-state index in [-0.39, 0.29) is 25.9 Å². The van der Waals surface area contributed by atoms with Crippen molar-refractivity contribution in [3.05, 3.63) is 0 Å². The largest absolute Gasteiger partial charge is 0.400 e. The summed E-state index contributed by atoms with van der Waals surface area (Å²) in [5.74, 6) is 0. The van der Waals surface area contributed by atoms with E-state index in [0.717, 1.165) is 20.0 Å². The lowest BCUT2D eigenvalue weighted by Gasteiger charge is -1.80. The van der Waals surface area contributed by atoms with E-state index in [0.29, 0.717) is 6.61 Å². The molecule has 18 heavy (non-hydrogen) atoms. The van der Waals surface area contributed by atoms with Gasteiger partial charge in [-0.1, -0.05) is 13.3 Å². The highest BCUT2D eigenvalue weighted by atomic mass is 16.3. The van der Waals surface area contributed by atoms with Gasteiger partial charge in [0.15, 0.2) is 0 Å². The third kappa shape index (κ3) is 451. The molecule has 0 aromatic heterocycles. The van der Waals surface area contributed by atoms with Crippen molar-refractivity contribution in [3.8, 4) is 0 Å². The van der Waals surface area contributed by atoms with Gasteiger partial charge in [0.1, 0.15) is 0 Å². The van der Waals surface area contributed by atoms with Gasteiger partial charge < -0.3 is 30.6 Å². The van der Waals surface area contributed by atoms with E-state index in [1.807, 2.05) is 0 Å². The van der Waals surface area contributed by atoms with Crippen LogP contribution in [0.15, 0.2) is 0 Å². The van der Waals surface area contributed by atoms with Gasteiger partial charge in [0.05, 0.1) is 13.2 Å². The molecule has 118 valence electrons. The Morgan fingerprint density at radius 3 is 1.00 bits per heavy atom. The molecule has 0 bridgehead atoms. The molecule has 6 heteroatoms. The molecule has 0 atom stereocenters. The van der Waals surface area contributed by atoms with Crippen LogP contribution in [0.25, 0.3) is 0 Å². The molecule has 0 fully saturated rings. The molecular weight excluding hydrogens is 240 g/mol. The third-order valence-electron chi connectivity index (χ3n) is 0.612. The fourth-order valence-corrected chi connectivity index (χ4v) is 0.158. The van der Waals surface area contributed by atoms with Crippen LogP contribution in [0, 0.1) is 0 Å². The quantitative estimate of drug-likeness (QED) is 0.422. The normalized spacial score (nSPS) is 7.33. The SMILES string of the molecule is CC(C)O.CCCCO.CCO.CO.OCCO. The van der Waals surface area contributed by atoms with Crippen LogP contribution in [-0.4, -0.2) is 70.3 Å². The zero-order valence-corrected chi connectivity index (χ0v) is 12.5. The second-order valence-electron chi connectivity index (χ2n) is 2.93. The minimum absolute atomic E-state index is 0.125. The predicted molar refractivity (Wildman–Crippen MR) is 74.4 cm³/mol. The molecule has 0 radical (unpaired) electrons. The number of aliphatic hydroxyl groups excluding tert-OH is 6. The van der Waals surface area contributed by atoms with Gasteiger partial charge in [-0.05, 0) is 27.2 Å². The Kier molecular flexibility index (Phi) is 92.3. The molecule has 0 aliphatic heterocycles.